The number of phenols is 4. The molecule has 4 aromatic carbocycles. The molecule has 0 aliphatic carbocycles. The molecule has 256 valence electrons. The Bertz CT molecular complexity index is 2770. The first-order valence-corrected chi connectivity index (χ1v) is 17.9. The number of benzene rings is 4. The van der Waals surface area contributed by atoms with Gasteiger partial charge in [0.2, 0.25) is 0 Å². The van der Waals surface area contributed by atoms with Crippen molar-refractivity contribution in [2.45, 2.75) is 0 Å². The van der Waals surface area contributed by atoms with Crippen LogP contribution in [0.3, 0.4) is 0 Å². The second kappa shape index (κ2) is 12.9. The normalized spacial score (nSPS) is 12.0. The van der Waals surface area contributed by atoms with Crippen molar-refractivity contribution in [2.75, 3.05) is 0 Å². The van der Waals surface area contributed by atoms with E-state index in [-0.39, 0.29) is 23.0 Å². The summed E-state index contributed by atoms with van der Waals surface area (Å²) in [5.41, 5.74) is 12.9. The summed E-state index contributed by atoms with van der Waals surface area (Å²) in [6.07, 6.45) is 7.97. The molecule has 0 spiro atoms. The van der Waals surface area contributed by atoms with Gasteiger partial charge in [-0.3, -0.25) is 0 Å². The minimum absolute atomic E-state index is 0.163. The lowest BCUT2D eigenvalue weighted by atomic mass is 10.0. The number of hydrogen-bond donors (Lipinski definition) is 6. The van der Waals surface area contributed by atoms with Gasteiger partial charge >= 0.3 is 0 Å². The Hall–Kier alpha value is -6.59. The Kier molecular flexibility index (Phi) is 7.85. The molecule has 9 heteroatoms. The van der Waals surface area contributed by atoms with Crippen LogP contribution in [0.1, 0.15) is 22.8 Å². The van der Waals surface area contributed by atoms with Gasteiger partial charge in [-0.25, -0.2) is 9.97 Å². The van der Waals surface area contributed by atoms with Crippen LogP contribution in [0.25, 0.3) is 90.9 Å². The smallest absolute Gasteiger partial charge is 0.128 e. The van der Waals surface area contributed by atoms with Crippen LogP contribution in [0, 0.1) is 3.57 Å². The number of aromatic nitrogens is 4. The Morgan fingerprint density at radius 3 is 1.00 bits per heavy atom. The van der Waals surface area contributed by atoms with E-state index >= 15 is 0 Å². The molecular weight excluding hydrogens is 775 g/mol. The summed E-state index contributed by atoms with van der Waals surface area (Å²) in [4.78, 5) is 17.9. The number of nitrogens with one attached hydrogen (secondary N) is 2. The zero-order valence-corrected chi connectivity index (χ0v) is 30.0. The van der Waals surface area contributed by atoms with Crippen molar-refractivity contribution in [1.29, 1.82) is 0 Å². The third kappa shape index (κ3) is 5.90. The lowest BCUT2D eigenvalue weighted by Gasteiger charge is -2.08. The Labute approximate surface area is 316 Å². The molecule has 6 N–H and O–H groups in total. The lowest BCUT2D eigenvalue weighted by Crippen LogP contribution is -1.90. The summed E-state index contributed by atoms with van der Waals surface area (Å²) >= 11 is 2.13. The van der Waals surface area contributed by atoms with E-state index < -0.39 is 0 Å². The number of halogens is 1. The number of H-pyrrole nitrogens is 2. The van der Waals surface area contributed by atoms with E-state index in [0.717, 1.165) is 89.4 Å². The fourth-order valence-corrected chi connectivity index (χ4v) is 7.48. The molecule has 5 heterocycles. The van der Waals surface area contributed by atoms with Crippen LogP contribution in [-0.2, 0) is 0 Å². The van der Waals surface area contributed by atoms with Gasteiger partial charge in [-0.1, -0.05) is 42.5 Å². The minimum Gasteiger partial charge on any atom is -0.508 e. The average molecular weight is 805 g/mol. The van der Waals surface area contributed by atoms with Gasteiger partial charge in [0.15, 0.2) is 0 Å². The fourth-order valence-electron chi connectivity index (χ4n) is 6.97. The second-order valence-corrected chi connectivity index (χ2v) is 14.0. The summed E-state index contributed by atoms with van der Waals surface area (Å²) in [5, 5.41) is 41.0. The van der Waals surface area contributed by atoms with Crippen molar-refractivity contribution in [1.82, 2.24) is 19.9 Å². The van der Waals surface area contributed by atoms with Crippen LogP contribution in [0.2, 0.25) is 0 Å². The molecule has 0 fully saturated rings. The van der Waals surface area contributed by atoms with Crippen molar-refractivity contribution in [3.8, 4) is 67.5 Å². The Balaban J connectivity index is 1.47. The third-order valence-electron chi connectivity index (χ3n) is 9.46. The molecule has 0 unspecified atom stereocenters. The number of rotatable bonds is 4. The van der Waals surface area contributed by atoms with Gasteiger partial charge in [-0.05, 0) is 142 Å². The summed E-state index contributed by atoms with van der Waals surface area (Å²) < 4.78 is 0.708. The monoisotopic (exact) mass is 804 g/mol. The van der Waals surface area contributed by atoms with Crippen LogP contribution in [0.4, 0.5) is 0 Å². The number of fused-ring (bicyclic) bond motifs is 8. The van der Waals surface area contributed by atoms with Gasteiger partial charge in [0.1, 0.15) is 23.0 Å². The first-order valence-electron chi connectivity index (χ1n) is 16.8. The molecule has 0 atom stereocenters. The van der Waals surface area contributed by atoms with E-state index in [0.29, 0.717) is 3.57 Å². The topological polar surface area (TPSA) is 138 Å². The zero-order valence-electron chi connectivity index (χ0n) is 27.8. The molecule has 0 saturated carbocycles. The molecule has 0 amide bonds. The van der Waals surface area contributed by atoms with E-state index in [1.165, 1.54) is 0 Å². The maximum Gasteiger partial charge on any atom is 0.128 e. The van der Waals surface area contributed by atoms with Gasteiger partial charge in [0, 0.05) is 44.3 Å². The highest BCUT2D eigenvalue weighted by Crippen LogP contribution is 2.39. The van der Waals surface area contributed by atoms with Crippen molar-refractivity contribution in [3.63, 3.8) is 0 Å². The van der Waals surface area contributed by atoms with E-state index in [9.17, 15) is 20.4 Å². The Morgan fingerprint density at radius 2 is 0.679 bits per heavy atom. The molecule has 0 saturated heterocycles. The average Bonchev–Trinajstić information content (AvgIpc) is 4.00. The van der Waals surface area contributed by atoms with Crippen molar-refractivity contribution >= 4 is 69.0 Å². The lowest BCUT2D eigenvalue weighted by molar-refractivity contribution is 0.471. The standard InChI is InChI=1S/C44H29IN4O4/c45-31-23-27(7-22-40(31)53)44-38-20-18-36(48-38)42(25-3-10-29(51)11-4-25)34-16-14-32(46-34)41(24-1-8-28(50)9-2-24)33-15-17-35(47-33)43(37-19-21-39(44)49-37)26-5-12-30(52)13-6-26/h1-23,46,49-53H. The molecule has 8 bridgehead atoms. The van der Waals surface area contributed by atoms with Gasteiger partial charge < -0.3 is 30.4 Å². The van der Waals surface area contributed by atoms with E-state index in [2.05, 4.69) is 32.6 Å². The first-order chi connectivity index (χ1) is 25.8. The fraction of sp³-hybridized carbons (Fsp3) is 0. The highest BCUT2D eigenvalue weighted by molar-refractivity contribution is 14.1. The predicted octanol–water partition coefficient (Wildman–Crippen LogP) is 10.8. The number of aromatic hydroxyl groups is 4. The number of hydrogen-bond acceptors (Lipinski definition) is 6. The molecular formula is C44H29IN4O4. The first kappa shape index (κ1) is 32.3. The predicted molar refractivity (Wildman–Crippen MR) is 220 cm³/mol. The SMILES string of the molecule is Oc1ccc(-c2c3nc(c(-c4ccc(O)cc4)c4ccc([nH]4)c(-c4ccc(O)c(I)c4)c4nc(c(-c5ccc(O)cc5)c5ccc2[nH]5)C=C4)C=C3)cc1. The largest absolute Gasteiger partial charge is 0.508 e. The molecule has 0 radical (unpaired) electrons. The quantitative estimate of drug-likeness (QED) is 0.0980. The van der Waals surface area contributed by atoms with Crippen molar-refractivity contribution in [2.24, 2.45) is 0 Å². The minimum atomic E-state index is 0.163. The summed E-state index contributed by atoms with van der Waals surface area (Å²) in [7, 11) is 0. The van der Waals surface area contributed by atoms with E-state index in [1.807, 2.05) is 97.1 Å². The number of nitrogens with zero attached hydrogens (tertiary/aromatic N) is 2. The number of phenolic OH excluding ortho intramolecular Hbond substituents is 4. The molecule has 9 rings (SSSR count). The molecule has 3 aromatic heterocycles. The number of aromatic amines is 2. The van der Waals surface area contributed by atoms with E-state index in [4.69, 9.17) is 9.97 Å². The second-order valence-electron chi connectivity index (χ2n) is 12.8. The van der Waals surface area contributed by atoms with Crippen LogP contribution >= 0.6 is 22.6 Å². The molecule has 53 heavy (non-hydrogen) atoms. The third-order valence-corrected chi connectivity index (χ3v) is 10.3. The van der Waals surface area contributed by atoms with E-state index in [1.54, 1.807) is 42.5 Å². The highest BCUT2D eigenvalue weighted by atomic mass is 127. The zero-order chi connectivity index (χ0) is 36.2. The molecule has 2 aliphatic heterocycles. The van der Waals surface area contributed by atoms with Crippen molar-refractivity contribution < 1.29 is 20.4 Å². The van der Waals surface area contributed by atoms with Crippen LogP contribution in [0.15, 0.2) is 115 Å². The summed E-state index contributed by atoms with van der Waals surface area (Å²) in [6, 6.07) is 34.8. The van der Waals surface area contributed by atoms with Crippen LogP contribution in [-0.4, -0.2) is 40.4 Å². The van der Waals surface area contributed by atoms with Crippen LogP contribution in [0.5, 0.6) is 23.0 Å². The maximum atomic E-state index is 10.4. The maximum absolute atomic E-state index is 10.4. The molecule has 2 aliphatic rings. The molecule has 8 nitrogen and oxygen atoms in total. The Morgan fingerprint density at radius 1 is 0.377 bits per heavy atom. The van der Waals surface area contributed by atoms with Gasteiger partial charge in [0.05, 0.1) is 26.3 Å². The van der Waals surface area contributed by atoms with Gasteiger partial charge in [-0.2, -0.15) is 0 Å². The van der Waals surface area contributed by atoms with Gasteiger partial charge in [-0.15, -0.1) is 0 Å². The van der Waals surface area contributed by atoms with Crippen molar-refractivity contribution in [3.05, 3.63) is 142 Å². The van der Waals surface area contributed by atoms with Crippen LogP contribution < -0.4 is 0 Å². The summed E-state index contributed by atoms with van der Waals surface area (Å²) in [5.74, 6) is 0.683. The molecule has 7 aromatic rings. The van der Waals surface area contributed by atoms with Gasteiger partial charge in [0.25, 0.3) is 0 Å². The highest BCUT2D eigenvalue weighted by Gasteiger charge is 2.19. The summed E-state index contributed by atoms with van der Waals surface area (Å²) in [6.45, 7) is 0.